The number of rotatable bonds is 8. The van der Waals surface area contributed by atoms with E-state index in [4.69, 9.17) is 8.85 Å². The number of aryl methyl sites for hydroxylation is 1. The lowest BCUT2D eigenvalue weighted by Gasteiger charge is -2.26. The SMILES string of the molecule is CCO[Si](C)(CCCn1c2ccccc2c2ccccc21)OCC. The van der Waals surface area contributed by atoms with Crippen molar-refractivity contribution in [3.63, 3.8) is 0 Å². The van der Waals surface area contributed by atoms with E-state index in [-0.39, 0.29) is 0 Å². The summed E-state index contributed by atoms with van der Waals surface area (Å²) in [6, 6.07) is 18.4. The largest absolute Gasteiger partial charge is 0.395 e. The summed E-state index contributed by atoms with van der Waals surface area (Å²) in [7, 11) is -2.03. The first kappa shape index (κ1) is 17.2. The smallest absolute Gasteiger partial charge is 0.334 e. The summed E-state index contributed by atoms with van der Waals surface area (Å²) >= 11 is 0. The molecule has 2 aromatic carbocycles. The Labute approximate surface area is 145 Å². The highest BCUT2D eigenvalue weighted by Gasteiger charge is 2.30. The van der Waals surface area contributed by atoms with E-state index in [1.54, 1.807) is 0 Å². The topological polar surface area (TPSA) is 23.4 Å². The van der Waals surface area contributed by atoms with Gasteiger partial charge in [-0.25, -0.2) is 0 Å². The molecule has 0 N–H and O–H groups in total. The van der Waals surface area contributed by atoms with Crippen LogP contribution in [0.1, 0.15) is 20.3 Å². The Balaban J connectivity index is 1.84. The molecule has 0 spiro atoms. The monoisotopic (exact) mass is 341 g/mol. The Bertz CT molecular complexity index is 752. The van der Waals surface area contributed by atoms with E-state index < -0.39 is 8.56 Å². The van der Waals surface area contributed by atoms with Gasteiger partial charge in [0, 0.05) is 41.6 Å². The molecule has 0 radical (unpaired) electrons. The van der Waals surface area contributed by atoms with Gasteiger partial charge in [0.15, 0.2) is 0 Å². The molecule has 0 aliphatic heterocycles. The number of hydrogen-bond acceptors (Lipinski definition) is 2. The van der Waals surface area contributed by atoms with Crippen LogP contribution in [0.25, 0.3) is 21.8 Å². The minimum Gasteiger partial charge on any atom is -0.395 e. The van der Waals surface area contributed by atoms with Crippen LogP contribution in [0.5, 0.6) is 0 Å². The molecule has 0 aliphatic carbocycles. The average molecular weight is 342 g/mol. The molecule has 0 saturated heterocycles. The Hall–Kier alpha value is -1.62. The highest BCUT2D eigenvalue weighted by Crippen LogP contribution is 2.29. The third kappa shape index (κ3) is 3.41. The predicted octanol–water partition coefficient (Wildman–Crippen LogP) is 5.33. The fraction of sp³-hybridized carbons (Fsp3) is 0.400. The highest BCUT2D eigenvalue weighted by molar-refractivity contribution is 6.66. The fourth-order valence-corrected chi connectivity index (χ4v) is 5.99. The van der Waals surface area contributed by atoms with Crippen LogP contribution in [-0.4, -0.2) is 26.3 Å². The second-order valence-corrected chi connectivity index (χ2v) is 9.63. The van der Waals surface area contributed by atoms with Crippen molar-refractivity contribution in [3.05, 3.63) is 48.5 Å². The van der Waals surface area contributed by atoms with Gasteiger partial charge in [0.1, 0.15) is 0 Å². The van der Waals surface area contributed by atoms with E-state index >= 15 is 0 Å². The molecule has 0 aliphatic rings. The highest BCUT2D eigenvalue weighted by atomic mass is 28.4. The minimum atomic E-state index is -2.03. The van der Waals surface area contributed by atoms with Crippen molar-refractivity contribution in [1.29, 1.82) is 0 Å². The lowest BCUT2D eigenvalue weighted by molar-refractivity contribution is 0.188. The van der Waals surface area contributed by atoms with Crippen molar-refractivity contribution < 1.29 is 8.85 Å². The Kier molecular flexibility index (Phi) is 5.39. The molecule has 24 heavy (non-hydrogen) atoms. The predicted molar refractivity (Wildman–Crippen MR) is 104 cm³/mol. The Morgan fingerprint density at radius 2 is 1.33 bits per heavy atom. The first-order chi connectivity index (χ1) is 11.7. The molecule has 1 aromatic heterocycles. The first-order valence-electron chi connectivity index (χ1n) is 8.92. The first-order valence-corrected chi connectivity index (χ1v) is 11.4. The van der Waals surface area contributed by atoms with Crippen LogP contribution in [0.2, 0.25) is 12.6 Å². The van der Waals surface area contributed by atoms with Gasteiger partial charge in [-0.2, -0.15) is 0 Å². The quantitative estimate of drug-likeness (QED) is 0.517. The van der Waals surface area contributed by atoms with Crippen LogP contribution in [0.4, 0.5) is 0 Å². The van der Waals surface area contributed by atoms with E-state index in [0.717, 1.165) is 32.2 Å². The number of para-hydroxylation sites is 2. The van der Waals surface area contributed by atoms with E-state index in [9.17, 15) is 0 Å². The molecule has 3 rings (SSSR count). The Morgan fingerprint density at radius 3 is 1.83 bits per heavy atom. The number of aromatic nitrogens is 1. The Morgan fingerprint density at radius 1 is 0.833 bits per heavy atom. The summed E-state index contributed by atoms with van der Waals surface area (Å²) in [6.45, 7) is 8.76. The lowest BCUT2D eigenvalue weighted by Crippen LogP contribution is -2.38. The standard InChI is InChI=1S/C20H27NO2Si/c1-4-22-24(3,23-5-2)16-10-15-21-19-13-8-6-11-17(19)18-12-7-9-14-20(18)21/h6-9,11-14H,4-5,10,15-16H2,1-3H3. The summed E-state index contributed by atoms with van der Waals surface area (Å²) in [5.41, 5.74) is 2.63. The van der Waals surface area contributed by atoms with Gasteiger partial charge in [-0.3, -0.25) is 0 Å². The zero-order valence-electron chi connectivity index (χ0n) is 14.9. The summed E-state index contributed by atoms with van der Waals surface area (Å²) in [6.07, 6.45) is 1.07. The second kappa shape index (κ2) is 7.51. The number of hydrogen-bond donors (Lipinski definition) is 0. The zero-order valence-corrected chi connectivity index (χ0v) is 15.9. The minimum absolute atomic E-state index is 0.734. The molecule has 0 saturated carbocycles. The molecule has 0 amide bonds. The van der Waals surface area contributed by atoms with Crippen LogP contribution < -0.4 is 0 Å². The van der Waals surface area contributed by atoms with Crippen molar-refractivity contribution in [2.24, 2.45) is 0 Å². The number of nitrogens with zero attached hydrogens (tertiary/aromatic N) is 1. The zero-order chi connectivity index (χ0) is 17.0. The van der Waals surface area contributed by atoms with Gasteiger partial charge in [-0.1, -0.05) is 36.4 Å². The maximum atomic E-state index is 5.97. The van der Waals surface area contributed by atoms with E-state index in [0.29, 0.717) is 0 Å². The number of benzene rings is 2. The second-order valence-electron chi connectivity index (χ2n) is 6.29. The fourth-order valence-electron chi connectivity index (χ4n) is 3.60. The van der Waals surface area contributed by atoms with Crippen molar-refractivity contribution in [3.8, 4) is 0 Å². The summed E-state index contributed by atoms with van der Waals surface area (Å²) in [5, 5.41) is 2.67. The normalized spacial score (nSPS) is 12.3. The van der Waals surface area contributed by atoms with Crippen molar-refractivity contribution in [2.45, 2.75) is 39.4 Å². The molecule has 128 valence electrons. The summed E-state index contributed by atoms with van der Waals surface area (Å²) < 4.78 is 14.4. The van der Waals surface area contributed by atoms with Gasteiger partial charge >= 0.3 is 8.56 Å². The van der Waals surface area contributed by atoms with Crippen LogP contribution in [-0.2, 0) is 15.4 Å². The van der Waals surface area contributed by atoms with Crippen LogP contribution in [0, 0.1) is 0 Å². The van der Waals surface area contributed by atoms with Gasteiger partial charge in [-0.15, -0.1) is 0 Å². The van der Waals surface area contributed by atoms with Crippen LogP contribution >= 0.6 is 0 Å². The molecule has 0 atom stereocenters. The summed E-state index contributed by atoms with van der Waals surface area (Å²) in [4.78, 5) is 0. The van der Waals surface area contributed by atoms with Crippen molar-refractivity contribution in [1.82, 2.24) is 4.57 Å². The van der Waals surface area contributed by atoms with E-state index in [1.165, 1.54) is 21.8 Å². The molecule has 0 fully saturated rings. The molecule has 0 unspecified atom stereocenters. The van der Waals surface area contributed by atoms with Gasteiger partial charge < -0.3 is 13.4 Å². The lowest BCUT2D eigenvalue weighted by atomic mass is 10.2. The molecule has 3 nitrogen and oxygen atoms in total. The molecule has 4 heteroatoms. The average Bonchev–Trinajstić information content (AvgIpc) is 2.90. The van der Waals surface area contributed by atoms with Gasteiger partial charge in [0.25, 0.3) is 0 Å². The van der Waals surface area contributed by atoms with Crippen LogP contribution in [0.3, 0.4) is 0 Å². The van der Waals surface area contributed by atoms with Crippen LogP contribution in [0.15, 0.2) is 48.5 Å². The van der Waals surface area contributed by atoms with Gasteiger partial charge in [0.2, 0.25) is 0 Å². The molecular formula is C20H27NO2Si. The third-order valence-electron chi connectivity index (χ3n) is 4.59. The number of fused-ring (bicyclic) bond motifs is 3. The summed E-state index contributed by atoms with van der Waals surface area (Å²) in [5.74, 6) is 0. The molecule has 0 bridgehead atoms. The van der Waals surface area contributed by atoms with E-state index in [2.05, 4.69) is 73.5 Å². The maximum Gasteiger partial charge on any atom is 0.334 e. The van der Waals surface area contributed by atoms with Crippen molar-refractivity contribution >= 4 is 30.4 Å². The molecular weight excluding hydrogens is 314 g/mol. The van der Waals surface area contributed by atoms with Gasteiger partial charge in [0.05, 0.1) is 0 Å². The molecule has 1 heterocycles. The molecule has 3 aromatic rings. The van der Waals surface area contributed by atoms with Crippen molar-refractivity contribution in [2.75, 3.05) is 13.2 Å². The van der Waals surface area contributed by atoms with Gasteiger partial charge in [-0.05, 0) is 45.0 Å². The third-order valence-corrected chi connectivity index (χ3v) is 7.65. The maximum absolute atomic E-state index is 5.97. The van der Waals surface area contributed by atoms with E-state index in [1.807, 2.05) is 0 Å².